The van der Waals surface area contributed by atoms with Crippen molar-refractivity contribution in [1.29, 1.82) is 0 Å². The van der Waals surface area contributed by atoms with E-state index >= 15 is 0 Å². The predicted molar refractivity (Wildman–Crippen MR) is 58.1 cm³/mol. The van der Waals surface area contributed by atoms with Gasteiger partial charge in [0.05, 0.1) is 11.0 Å². The molecule has 0 unspecified atom stereocenters. The summed E-state index contributed by atoms with van der Waals surface area (Å²) in [7, 11) is 0. The third-order valence-electron chi connectivity index (χ3n) is 2.32. The van der Waals surface area contributed by atoms with Crippen molar-refractivity contribution in [3.63, 3.8) is 0 Å². The maximum absolute atomic E-state index is 11.7. The molecule has 0 saturated heterocycles. The van der Waals surface area contributed by atoms with Gasteiger partial charge in [0, 0.05) is 11.5 Å². The molecule has 0 amide bonds. The van der Waals surface area contributed by atoms with Gasteiger partial charge in [-0.1, -0.05) is 13.8 Å². The van der Waals surface area contributed by atoms with E-state index in [0.717, 1.165) is 5.52 Å². The molecule has 0 saturated carbocycles. The topological polar surface area (TPSA) is 65.7 Å². The van der Waals surface area contributed by atoms with Gasteiger partial charge in [-0.3, -0.25) is 4.79 Å². The lowest BCUT2D eigenvalue weighted by atomic mass is 10.0. The third-order valence-corrected chi connectivity index (χ3v) is 2.32. The number of benzene rings is 1. The summed E-state index contributed by atoms with van der Waals surface area (Å²) in [6, 6.07) is 5.17. The van der Waals surface area contributed by atoms with Crippen LogP contribution in [0.3, 0.4) is 0 Å². The molecule has 0 atom stereocenters. The molecule has 1 heterocycles. The van der Waals surface area contributed by atoms with Crippen molar-refractivity contribution >= 4 is 16.8 Å². The molecule has 15 heavy (non-hydrogen) atoms. The van der Waals surface area contributed by atoms with Gasteiger partial charge in [-0.15, -0.1) is 0 Å². The van der Waals surface area contributed by atoms with Gasteiger partial charge in [0.1, 0.15) is 0 Å². The lowest BCUT2D eigenvalue weighted by molar-refractivity contribution is 0.0939. The Hall–Kier alpha value is -1.84. The number of nitrogens with one attached hydrogen (secondary N) is 2. The molecule has 0 aliphatic rings. The second-order valence-corrected chi connectivity index (χ2v) is 3.86. The average Bonchev–Trinajstić information content (AvgIpc) is 2.55. The van der Waals surface area contributed by atoms with Gasteiger partial charge >= 0.3 is 5.69 Å². The molecule has 78 valence electrons. The minimum absolute atomic E-state index is 0.0342. The highest BCUT2D eigenvalue weighted by Gasteiger charge is 2.11. The Morgan fingerprint density at radius 2 is 1.87 bits per heavy atom. The number of imidazole rings is 1. The van der Waals surface area contributed by atoms with Gasteiger partial charge in [0.25, 0.3) is 0 Å². The highest BCUT2D eigenvalue weighted by atomic mass is 16.1. The summed E-state index contributed by atoms with van der Waals surface area (Å²) >= 11 is 0. The molecule has 2 rings (SSSR count). The first-order valence-electron chi connectivity index (χ1n) is 4.84. The summed E-state index contributed by atoms with van der Waals surface area (Å²) in [6.07, 6.45) is 0. The summed E-state index contributed by atoms with van der Waals surface area (Å²) in [6.45, 7) is 3.71. The molecule has 0 aliphatic carbocycles. The van der Waals surface area contributed by atoms with E-state index in [1.54, 1.807) is 18.2 Å². The van der Waals surface area contributed by atoms with Crippen LogP contribution in [-0.2, 0) is 0 Å². The number of H-pyrrole nitrogens is 2. The Balaban J connectivity index is 2.55. The van der Waals surface area contributed by atoms with Crippen LogP contribution in [0.4, 0.5) is 0 Å². The van der Waals surface area contributed by atoms with E-state index in [0.29, 0.717) is 11.1 Å². The lowest BCUT2D eigenvalue weighted by Gasteiger charge is -2.03. The number of fused-ring (bicyclic) bond motifs is 1. The summed E-state index contributed by atoms with van der Waals surface area (Å²) in [5.74, 6) is 0.0482. The molecule has 0 aliphatic heterocycles. The fourth-order valence-corrected chi connectivity index (χ4v) is 1.52. The fraction of sp³-hybridized carbons (Fsp3) is 0.273. The number of rotatable bonds is 2. The lowest BCUT2D eigenvalue weighted by Crippen LogP contribution is -2.06. The first-order chi connectivity index (χ1) is 7.08. The minimum Gasteiger partial charge on any atom is -0.306 e. The van der Waals surface area contributed by atoms with E-state index < -0.39 is 0 Å². The largest absolute Gasteiger partial charge is 0.323 e. The zero-order valence-corrected chi connectivity index (χ0v) is 8.63. The summed E-state index contributed by atoms with van der Waals surface area (Å²) < 4.78 is 0. The number of aromatic nitrogens is 2. The third kappa shape index (κ3) is 1.70. The second-order valence-electron chi connectivity index (χ2n) is 3.86. The van der Waals surface area contributed by atoms with E-state index in [-0.39, 0.29) is 17.4 Å². The highest BCUT2D eigenvalue weighted by Crippen LogP contribution is 2.13. The van der Waals surface area contributed by atoms with E-state index in [9.17, 15) is 9.59 Å². The average molecular weight is 204 g/mol. The minimum atomic E-state index is -0.251. The second kappa shape index (κ2) is 3.38. The number of aromatic amines is 2. The SMILES string of the molecule is CC(C)C(=O)c1ccc2[nH]c(=O)[nH]c2c1. The maximum atomic E-state index is 11.7. The number of hydrogen-bond acceptors (Lipinski definition) is 2. The van der Waals surface area contributed by atoms with E-state index in [1.165, 1.54) is 0 Å². The Bertz CT molecular complexity index is 563. The molecule has 0 radical (unpaired) electrons. The van der Waals surface area contributed by atoms with Crippen molar-refractivity contribution in [2.75, 3.05) is 0 Å². The zero-order chi connectivity index (χ0) is 11.0. The quantitative estimate of drug-likeness (QED) is 0.731. The molecule has 2 aromatic rings. The Morgan fingerprint density at radius 1 is 1.20 bits per heavy atom. The van der Waals surface area contributed by atoms with Crippen molar-refractivity contribution in [2.24, 2.45) is 5.92 Å². The Morgan fingerprint density at radius 3 is 2.53 bits per heavy atom. The van der Waals surface area contributed by atoms with Crippen LogP contribution in [0.1, 0.15) is 24.2 Å². The van der Waals surface area contributed by atoms with Crippen LogP contribution in [0.2, 0.25) is 0 Å². The van der Waals surface area contributed by atoms with Crippen LogP contribution in [0, 0.1) is 5.92 Å². The van der Waals surface area contributed by atoms with Crippen molar-refractivity contribution < 1.29 is 4.79 Å². The molecule has 1 aromatic carbocycles. The maximum Gasteiger partial charge on any atom is 0.323 e. The van der Waals surface area contributed by atoms with Crippen LogP contribution in [0.25, 0.3) is 11.0 Å². The molecular weight excluding hydrogens is 192 g/mol. The number of carbonyl (C=O) groups excluding carboxylic acids is 1. The smallest absolute Gasteiger partial charge is 0.306 e. The van der Waals surface area contributed by atoms with Gasteiger partial charge < -0.3 is 9.97 Å². The van der Waals surface area contributed by atoms with E-state index in [1.807, 2.05) is 13.8 Å². The molecule has 2 N–H and O–H groups in total. The van der Waals surface area contributed by atoms with Crippen molar-refractivity contribution in [2.45, 2.75) is 13.8 Å². The van der Waals surface area contributed by atoms with Gasteiger partial charge in [0.15, 0.2) is 5.78 Å². The monoisotopic (exact) mass is 204 g/mol. The highest BCUT2D eigenvalue weighted by molar-refractivity contribution is 5.99. The normalized spacial score (nSPS) is 11.1. The molecule has 4 nitrogen and oxygen atoms in total. The summed E-state index contributed by atoms with van der Waals surface area (Å²) in [4.78, 5) is 28.0. The van der Waals surface area contributed by atoms with Crippen LogP contribution < -0.4 is 5.69 Å². The first kappa shape index (κ1) is 9.71. The van der Waals surface area contributed by atoms with Crippen molar-refractivity contribution in [3.05, 3.63) is 34.2 Å². The molecule has 0 spiro atoms. The van der Waals surface area contributed by atoms with Crippen LogP contribution in [0.5, 0.6) is 0 Å². The van der Waals surface area contributed by atoms with E-state index in [2.05, 4.69) is 9.97 Å². The number of hydrogen-bond donors (Lipinski definition) is 2. The van der Waals surface area contributed by atoms with Gasteiger partial charge in [-0.25, -0.2) is 4.79 Å². The molecule has 0 bridgehead atoms. The van der Waals surface area contributed by atoms with Gasteiger partial charge in [-0.2, -0.15) is 0 Å². The van der Waals surface area contributed by atoms with Crippen LogP contribution in [0.15, 0.2) is 23.0 Å². The summed E-state index contributed by atoms with van der Waals surface area (Å²) in [5, 5.41) is 0. The standard InChI is InChI=1S/C11H12N2O2/c1-6(2)10(14)7-3-4-8-9(5-7)13-11(15)12-8/h3-6H,1-2H3,(H2,12,13,15). The van der Waals surface area contributed by atoms with Gasteiger partial charge in [-0.05, 0) is 18.2 Å². The number of ketones is 1. The predicted octanol–water partition coefficient (Wildman–Crippen LogP) is 1.69. The van der Waals surface area contributed by atoms with Crippen LogP contribution >= 0.6 is 0 Å². The first-order valence-corrected chi connectivity index (χ1v) is 4.84. The van der Waals surface area contributed by atoms with E-state index in [4.69, 9.17) is 0 Å². The Labute approximate surface area is 86.3 Å². The fourth-order valence-electron chi connectivity index (χ4n) is 1.52. The molecule has 1 aromatic heterocycles. The Kier molecular flexibility index (Phi) is 2.19. The molecule has 0 fully saturated rings. The van der Waals surface area contributed by atoms with Crippen molar-refractivity contribution in [3.8, 4) is 0 Å². The number of Topliss-reactive ketones (excluding diaryl/α,β-unsaturated/α-hetero) is 1. The van der Waals surface area contributed by atoms with Crippen molar-refractivity contribution in [1.82, 2.24) is 9.97 Å². The van der Waals surface area contributed by atoms with Gasteiger partial charge in [0.2, 0.25) is 0 Å². The molecular formula is C11H12N2O2. The summed E-state index contributed by atoms with van der Waals surface area (Å²) in [5.41, 5.74) is 1.78. The zero-order valence-electron chi connectivity index (χ0n) is 8.63. The van der Waals surface area contributed by atoms with Crippen LogP contribution in [-0.4, -0.2) is 15.8 Å². The molecule has 4 heteroatoms. The number of carbonyl (C=O) groups is 1.